The highest BCUT2D eigenvalue weighted by Crippen LogP contribution is 2.20. The van der Waals surface area contributed by atoms with Gasteiger partial charge in [0.25, 0.3) is 0 Å². The van der Waals surface area contributed by atoms with E-state index in [-0.39, 0.29) is 0 Å². The molecule has 0 saturated carbocycles. The van der Waals surface area contributed by atoms with E-state index in [2.05, 4.69) is 20.5 Å². The molecule has 0 aliphatic heterocycles. The normalized spacial score (nSPS) is 9.88. The Hall–Kier alpha value is -2.17. The predicted molar refractivity (Wildman–Crippen MR) is 61.4 cm³/mol. The Bertz CT molecular complexity index is 470. The largest absolute Gasteiger partial charge is 0.495 e. The van der Waals surface area contributed by atoms with Gasteiger partial charge in [0, 0.05) is 18.8 Å². The molecule has 2 rings (SSSR count). The molecule has 0 aromatic carbocycles. The van der Waals surface area contributed by atoms with Crippen molar-refractivity contribution in [3.05, 3.63) is 30.6 Å². The highest BCUT2D eigenvalue weighted by molar-refractivity contribution is 5.60. The lowest BCUT2D eigenvalue weighted by Gasteiger charge is -2.03. The van der Waals surface area contributed by atoms with Crippen LogP contribution in [0.4, 0.5) is 5.82 Å². The molecule has 0 atom stereocenters. The van der Waals surface area contributed by atoms with Gasteiger partial charge in [-0.05, 0) is 18.2 Å². The first-order chi connectivity index (χ1) is 7.83. The van der Waals surface area contributed by atoms with Crippen molar-refractivity contribution in [2.24, 2.45) is 0 Å². The molecule has 0 bridgehead atoms. The first-order valence-corrected chi connectivity index (χ1v) is 4.84. The zero-order valence-corrected chi connectivity index (χ0v) is 9.14. The molecule has 0 radical (unpaired) electrons. The van der Waals surface area contributed by atoms with Crippen molar-refractivity contribution < 1.29 is 4.74 Å². The van der Waals surface area contributed by atoms with Gasteiger partial charge >= 0.3 is 0 Å². The lowest BCUT2D eigenvalue weighted by molar-refractivity contribution is 0.413. The smallest absolute Gasteiger partial charge is 0.148 e. The summed E-state index contributed by atoms with van der Waals surface area (Å²) in [5, 5.41) is 11.0. The number of hydrogen-bond donors (Lipinski definition) is 1. The van der Waals surface area contributed by atoms with E-state index in [1.165, 1.54) is 0 Å². The molecule has 0 amide bonds. The predicted octanol–water partition coefficient (Wildman–Crippen LogP) is 1.59. The van der Waals surface area contributed by atoms with Crippen molar-refractivity contribution in [2.75, 3.05) is 19.5 Å². The monoisotopic (exact) mass is 216 g/mol. The Labute approximate surface area is 93.5 Å². The van der Waals surface area contributed by atoms with E-state index in [9.17, 15) is 0 Å². The fourth-order valence-electron chi connectivity index (χ4n) is 1.29. The van der Waals surface area contributed by atoms with Crippen molar-refractivity contribution in [3.8, 4) is 17.0 Å². The molecule has 0 spiro atoms. The number of pyridine rings is 1. The fourth-order valence-corrected chi connectivity index (χ4v) is 1.29. The van der Waals surface area contributed by atoms with Gasteiger partial charge in [0.05, 0.1) is 19.0 Å². The van der Waals surface area contributed by atoms with Gasteiger partial charge in [0.15, 0.2) is 0 Å². The van der Waals surface area contributed by atoms with Gasteiger partial charge in [0.2, 0.25) is 0 Å². The van der Waals surface area contributed by atoms with Crippen LogP contribution in [0.2, 0.25) is 0 Å². The summed E-state index contributed by atoms with van der Waals surface area (Å²) in [7, 11) is 3.41. The second kappa shape index (κ2) is 4.57. The molecule has 0 aliphatic carbocycles. The van der Waals surface area contributed by atoms with Crippen LogP contribution in [-0.2, 0) is 0 Å². The van der Waals surface area contributed by atoms with Crippen LogP contribution in [0.15, 0.2) is 30.6 Å². The summed E-state index contributed by atoms with van der Waals surface area (Å²) < 4.78 is 5.10. The van der Waals surface area contributed by atoms with Crippen LogP contribution in [0.1, 0.15) is 0 Å². The number of rotatable bonds is 3. The Morgan fingerprint density at radius 1 is 1.19 bits per heavy atom. The summed E-state index contributed by atoms with van der Waals surface area (Å²) in [5.41, 5.74) is 1.65. The maximum atomic E-state index is 5.10. The maximum Gasteiger partial charge on any atom is 0.148 e. The van der Waals surface area contributed by atoms with E-state index in [0.717, 1.165) is 17.1 Å². The van der Waals surface area contributed by atoms with Gasteiger partial charge in [-0.15, -0.1) is 10.2 Å². The van der Waals surface area contributed by atoms with E-state index < -0.39 is 0 Å². The first-order valence-electron chi connectivity index (χ1n) is 4.84. The number of aromatic nitrogens is 3. The minimum atomic E-state index is 0.706. The number of anilines is 1. The molecule has 0 unspecified atom stereocenters. The third-order valence-corrected chi connectivity index (χ3v) is 2.17. The number of nitrogens with zero attached hydrogens (tertiary/aromatic N) is 3. The third kappa shape index (κ3) is 2.08. The van der Waals surface area contributed by atoms with E-state index >= 15 is 0 Å². The molecular formula is C11H12N4O. The summed E-state index contributed by atoms with van der Waals surface area (Å²) in [4.78, 5) is 4.07. The molecule has 0 aliphatic rings. The Kier molecular flexibility index (Phi) is 2.95. The zero-order chi connectivity index (χ0) is 11.4. The minimum absolute atomic E-state index is 0.706. The van der Waals surface area contributed by atoms with Crippen molar-refractivity contribution in [1.82, 2.24) is 15.2 Å². The highest BCUT2D eigenvalue weighted by Gasteiger charge is 2.02. The third-order valence-electron chi connectivity index (χ3n) is 2.17. The average Bonchev–Trinajstić information content (AvgIpc) is 2.39. The van der Waals surface area contributed by atoms with Crippen molar-refractivity contribution in [3.63, 3.8) is 0 Å². The summed E-state index contributed by atoms with van der Waals surface area (Å²) in [6.07, 6.45) is 3.38. The molecule has 16 heavy (non-hydrogen) atoms. The summed E-state index contributed by atoms with van der Waals surface area (Å²) in [6, 6.07) is 5.62. The van der Waals surface area contributed by atoms with Crippen LogP contribution in [0.3, 0.4) is 0 Å². The van der Waals surface area contributed by atoms with Gasteiger partial charge in [-0.1, -0.05) is 0 Å². The quantitative estimate of drug-likeness (QED) is 0.844. The van der Waals surface area contributed by atoms with Crippen LogP contribution in [0.5, 0.6) is 5.75 Å². The Morgan fingerprint density at radius 3 is 2.69 bits per heavy atom. The fraction of sp³-hybridized carbons (Fsp3) is 0.182. The SMILES string of the molecule is CNc1ccc(-c2cncc(OC)c2)nn1. The molecule has 82 valence electrons. The number of ether oxygens (including phenoxy) is 1. The summed E-state index contributed by atoms with van der Waals surface area (Å²) in [5.74, 6) is 1.44. The van der Waals surface area contributed by atoms with Crippen LogP contribution in [0, 0.1) is 0 Å². The first kappa shape index (κ1) is 10.4. The molecule has 5 nitrogen and oxygen atoms in total. The van der Waals surface area contributed by atoms with Crippen molar-refractivity contribution >= 4 is 5.82 Å². The zero-order valence-electron chi connectivity index (χ0n) is 9.14. The average molecular weight is 216 g/mol. The van der Waals surface area contributed by atoms with Crippen LogP contribution >= 0.6 is 0 Å². The lowest BCUT2D eigenvalue weighted by Crippen LogP contribution is -1.95. The van der Waals surface area contributed by atoms with E-state index in [1.807, 2.05) is 18.2 Å². The molecule has 1 N–H and O–H groups in total. The van der Waals surface area contributed by atoms with Gasteiger partial charge in [-0.3, -0.25) is 4.98 Å². The second-order valence-corrected chi connectivity index (χ2v) is 3.17. The molecule has 2 aromatic heterocycles. The summed E-state index contributed by atoms with van der Waals surface area (Å²) in [6.45, 7) is 0. The van der Waals surface area contributed by atoms with Crippen molar-refractivity contribution in [2.45, 2.75) is 0 Å². The van der Waals surface area contributed by atoms with Gasteiger partial charge in [0.1, 0.15) is 11.6 Å². The maximum absolute atomic E-state index is 5.10. The van der Waals surface area contributed by atoms with E-state index in [4.69, 9.17) is 4.74 Å². The molecule has 0 saturated heterocycles. The second-order valence-electron chi connectivity index (χ2n) is 3.17. The molecular weight excluding hydrogens is 204 g/mol. The minimum Gasteiger partial charge on any atom is -0.495 e. The highest BCUT2D eigenvalue weighted by atomic mass is 16.5. The number of methoxy groups -OCH3 is 1. The number of hydrogen-bond acceptors (Lipinski definition) is 5. The van der Waals surface area contributed by atoms with Crippen molar-refractivity contribution in [1.29, 1.82) is 0 Å². The van der Waals surface area contributed by atoms with Crippen LogP contribution in [-0.4, -0.2) is 29.3 Å². The van der Waals surface area contributed by atoms with Crippen LogP contribution < -0.4 is 10.1 Å². The van der Waals surface area contributed by atoms with Gasteiger partial charge < -0.3 is 10.1 Å². The van der Waals surface area contributed by atoms with E-state index in [0.29, 0.717) is 5.75 Å². The molecule has 0 fully saturated rings. The molecule has 5 heteroatoms. The van der Waals surface area contributed by atoms with Gasteiger partial charge in [-0.25, -0.2) is 0 Å². The van der Waals surface area contributed by atoms with Crippen LogP contribution in [0.25, 0.3) is 11.3 Å². The Balaban J connectivity index is 2.34. The lowest BCUT2D eigenvalue weighted by atomic mass is 10.2. The molecule has 2 aromatic rings. The topological polar surface area (TPSA) is 59.9 Å². The Morgan fingerprint density at radius 2 is 2.06 bits per heavy atom. The van der Waals surface area contributed by atoms with E-state index in [1.54, 1.807) is 26.6 Å². The standard InChI is InChI=1S/C11H12N4O/c1-12-11-4-3-10(14-15-11)8-5-9(16-2)7-13-6-8/h3-7H,1-2H3,(H,12,15). The van der Waals surface area contributed by atoms with Gasteiger partial charge in [-0.2, -0.15) is 0 Å². The summed E-state index contributed by atoms with van der Waals surface area (Å²) >= 11 is 0. The molecule has 2 heterocycles. The number of nitrogens with one attached hydrogen (secondary N) is 1.